The lowest BCUT2D eigenvalue weighted by molar-refractivity contribution is 0.149. The molecule has 0 saturated carbocycles. The van der Waals surface area contributed by atoms with E-state index >= 15 is 0 Å². The maximum Gasteiger partial charge on any atom is 0.266 e. The van der Waals surface area contributed by atoms with Gasteiger partial charge in [0.2, 0.25) is 0 Å². The quantitative estimate of drug-likeness (QED) is 0.744. The third-order valence-corrected chi connectivity index (χ3v) is 2.91. The SMILES string of the molecule is Cc1ncc(CCl)c(Br)c1C(F)F. The van der Waals surface area contributed by atoms with Crippen LogP contribution in [0.15, 0.2) is 10.7 Å². The second kappa shape index (κ2) is 4.33. The van der Waals surface area contributed by atoms with Crippen molar-refractivity contribution < 1.29 is 8.78 Å². The first-order valence-corrected chi connectivity index (χ1v) is 4.88. The molecule has 0 saturated heterocycles. The highest BCUT2D eigenvalue weighted by atomic mass is 79.9. The molecule has 1 nitrogen and oxygen atoms in total. The molecule has 1 aromatic heterocycles. The van der Waals surface area contributed by atoms with E-state index in [1.54, 1.807) is 6.92 Å². The molecule has 0 fully saturated rings. The molecule has 0 aliphatic heterocycles. The number of aryl methyl sites for hydroxylation is 1. The van der Waals surface area contributed by atoms with Crippen LogP contribution in [0.25, 0.3) is 0 Å². The zero-order valence-electron chi connectivity index (χ0n) is 6.82. The molecular formula is C8H7BrClF2N. The Hall–Kier alpha value is -0.220. The van der Waals surface area contributed by atoms with E-state index in [0.717, 1.165) is 0 Å². The highest BCUT2D eigenvalue weighted by Gasteiger charge is 2.17. The molecule has 0 atom stereocenters. The first-order chi connectivity index (χ1) is 6.07. The highest BCUT2D eigenvalue weighted by Crippen LogP contribution is 2.32. The van der Waals surface area contributed by atoms with Crippen molar-refractivity contribution >= 4 is 27.5 Å². The molecule has 0 aliphatic rings. The van der Waals surface area contributed by atoms with Crippen LogP contribution >= 0.6 is 27.5 Å². The lowest BCUT2D eigenvalue weighted by Crippen LogP contribution is -1.98. The maximum atomic E-state index is 12.5. The smallest absolute Gasteiger partial charge is 0.261 e. The van der Waals surface area contributed by atoms with Crippen molar-refractivity contribution in [3.8, 4) is 0 Å². The molecule has 0 aromatic carbocycles. The van der Waals surface area contributed by atoms with Crippen LogP contribution in [0, 0.1) is 6.92 Å². The van der Waals surface area contributed by atoms with Crippen LogP contribution in [-0.2, 0) is 5.88 Å². The summed E-state index contributed by atoms with van der Waals surface area (Å²) in [5, 5.41) is 0. The van der Waals surface area contributed by atoms with Gasteiger partial charge in [0.1, 0.15) is 0 Å². The minimum absolute atomic E-state index is 0.0712. The van der Waals surface area contributed by atoms with Crippen molar-refractivity contribution in [3.63, 3.8) is 0 Å². The number of alkyl halides is 3. The van der Waals surface area contributed by atoms with Gasteiger partial charge in [-0.25, -0.2) is 8.78 Å². The average Bonchev–Trinajstić information content (AvgIpc) is 2.04. The van der Waals surface area contributed by atoms with Crippen molar-refractivity contribution in [2.45, 2.75) is 19.2 Å². The summed E-state index contributed by atoms with van der Waals surface area (Å²) < 4.78 is 25.3. The van der Waals surface area contributed by atoms with Gasteiger partial charge in [-0.2, -0.15) is 0 Å². The summed E-state index contributed by atoms with van der Waals surface area (Å²) >= 11 is 8.63. The normalized spacial score (nSPS) is 10.9. The van der Waals surface area contributed by atoms with Gasteiger partial charge >= 0.3 is 0 Å². The predicted octanol–water partition coefficient (Wildman–Crippen LogP) is 3.83. The minimum Gasteiger partial charge on any atom is -0.261 e. The third kappa shape index (κ3) is 2.17. The number of hydrogen-bond acceptors (Lipinski definition) is 1. The number of aromatic nitrogens is 1. The Bertz CT molecular complexity index is 317. The van der Waals surface area contributed by atoms with Gasteiger partial charge in [-0.3, -0.25) is 4.98 Å². The van der Waals surface area contributed by atoms with Crippen LogP contribution in [0.3, 0.4) is 0 Å². The first kappa shape index (κ1) is 10.9. The number of nitrogens with zero attached hydrogens (tertiary/aromatic N) is 1. The molecule has 5 heteroatoms. The fraction of sp³-hybridized carbons (Fsp3) is 0.375. The Kier molecular flexibility index (Phi) is 3.62. The monoisotopic (exact) mass is 269 g/mol. The molecule has 0 N–H and O–H groups in total. The Balaban J connectivity index is 3.30. The summed E-state index contributed by atoms with van der Waals surface area (Å²) in [5.74, 6) is 0.174. The van der Waals surface area contributed by atoms with Crippen LogP contribution in [-0.4, -0.2) is 4.98 Å². The molecular weight excluding hydrogens is 263 g/mol. The van der Waals surface area contributed by atoms with E-state index in [4.69, 9.17) is 11.6 Å². The molecule has 72 valence electrons. The highest BCUT2D eigenvalue weighted by molar-refractivity contribution is 9.10. The lowest BCUT2D eigenvalue weighted by atomic mass is 10.1. The van der Waals surface area contributed by atoms with E-state index < -0.39 is 6.43 Å². The van der Waals surface area contributed by atoms with Crippen molar-refractivity contribution in [2.75, 3.05) is 0 Å². The second-order valence-electron chi connectivity index (χ2n) is 2.53. The first-order valence-electron chi connectivity index (χ1n) is 3.56. The molecule has 0 spiro atoms. The summed E-state index contributed by atoms with van der Waals surface area (Å²) in [5.41, 5.74) is 0.844. The van der Waals surface area contributed by atoms with Gasteiger partial charge in [-0.05, 0) is 28.4 Å². The van der Waals surface area contributed by atoms with Gasteiger partial charge < -0.3 is 0 Å². The van der Waals surface area contributed by atoms with Gasteiger partial charge in [-0.15, -0.1) is 11.6 Å². The van der Waals surface area contributed by atoms with Crippen molar-refractivity contribution in [1.82, 2.24) is 4.98 Å². The van der Waals surface area contributed by atoms with Crippen LogP contribution in [0.2, 0.25) is 0 Å². The maximum absolute atomic E-state index is 12.5. The molecule has 0 unspecified atom stereocenters. The largest absolute Gasteiger partial charge is 0.266 e. The Labute approximate surface area is 88.2 Å². The van der Waals surface area contributed by atoms with E-state index in [2.05, 4.69) is 20.9 Å². The molecule has 1 heterocycles. The Morgan fingerprint density at radius 1 is 1.62 bits per heavy atom. The zero-order chi connectivity index (χ0) is 10.0. The fourth-order valence-electron chi connectivity index (χ4n) is 0.980. The van der Waals surface area contributed by atoms with E-state index in [9.17, 15) is 8.78 Å². The third-order valence-electron chi connectivity index (χ3n) is 1.68. The predicted molar refractivity (Wildman–Crippen MR) is 51.2 cm³/mol. The van der Waals surface area contributed by atoms with Crippen molar-refractivity contribution in [2.24, 2.45) is 0 Å². The number of hydrogen-bond donors (Lipinski definition) is 0. The Morgan fingerprint density at radius 3 is 2.69 bits per heavy atom. The standard InChI is InChI=1S/C8H7BrClF2N/c1-4-6(8(11)12)7(9)5(2-10)3-13-4/h3,8H,2H2,1H3. The van der Waals surface area contributed by atoms with Gasteiger partial charge in [0.05, 0.1) is 11.4 Å². The number of halogens is 4. The van der Waals surface area contributed by atoms with Crippen LogP contribution in [0.4, 0.5) is 8.78 Å². The average molecular weight is 271 g/mol. The van der Waals surface area contributed by atoms with E-state index in [-0.39, 0.29) is 11.4 Å². The van der Waals surface area contributed by atoms with Crippen LogP contribution < -0.4 is 0 Å². The van der Waals surface area contributed by atoms with E-state index in [1.807, 2.05) is 0 Å². The molecule has 0 bridgehead atoms. The van der Waals surface area contributed by atoms with Crippen molar-refractivity contribution in [3.05, 3.63) is 27.5 Å². The summed E-state index contributed by atoms with van der Waals surface area (Å²) in [7, 11) is 0. The summed E-state index contributed by atoms with van der Waals surface area (Å²) in [6.45, 7) is 1.55. The van der Waals surface area contributed by atoms with Crippen molar-refractivity contribution in [1.29, 1.82) is 0 Å². The van der Waals surface area contributed by atoms with Gasteiger partial charge in [0.15, 0.2) is 0 Å². The number of pyridine rings is 1. The molecule has 0 aliphatic carbocycles. The lowest BCUT2D eigenvalue weighted by Gasteiger charge is -2.09. The summed E-state index contributed by atoms with van der Waals surface area (Å²) in [6, 6.07) is 0. The number of rotatable bonds is 2. The minimum atomic E-state index is -2.52. The van der Waals surface area contributed by atoms with E-state index in [0.29, 0.717) is 15.7 Å². The second-order valence-corrected chi connectivity index (χ2v) is 3.59. The van der Waals surface area contributed by atoms with Gasteiger partial charge in [-0.1, -0.05) is 0 Å². The summed E-state index contributed by atoms with van der Waals surface area (Å²) in [6.07, 6.45) is -1.02. The molecule has 0 radical (unpaired) electrons. The van der Waals surface area contributed by atoms with E-state index in [1.165, 1.54) is 6.20 Å². The summed E-state index contributed by atoms with van der Waals surface area (Å²) in [4.78, 5) is 3.84. The van der Waals surface area contributed by atoms with Crippen LogP contribution in [0.5, 0.6) is 0 Å². The zero-order valence-corrected chi connectivity index (χ0v) is 9.16. The van der Waals surface area contributed by atoms with Gasteiger partial charge in [0.25, 0.3) is 6.43 Å². The van der Waals surface area contributed by atoms with Crippen LogP contribution in [0.1, 0.15) is 23.2 Å². The Morgan fingerprint density at radius 2 is 2.23 bits per heavy atom. The molecule has 1 rings (SSSR count). The molecule has 13 heavy (non-hydrogen) atoms. The fourth-order valence-corrected chi connectivity index (χ4v) is 2.05. The molecule has 1 aromatic rings. The van der Waals surface area contributed by atoms with Gasteiger partial charge in [0, 0.05) is 16.4 Å². The molecule has 0 amide bonds. The topological polar surface area (TPSA) is 12.9 Å².